The average molecular weight is 427 g/mol. The molecule has 2 aliphatic heterocycles. The Bertz CT molecular complexity index is 1210. The molecular weight excluding hydrogens is 400 g/mol. The minimum atomic E-state index is -3.35. The molecule has 7 heteroatoms. The lowest BCUT2D eigenvalue weighted by Crippen LogP contribution is -2.51. The van der Waals surface area contributed by atoms with Gasteiger partial charge in [-0.05, 0) is 43.0 Å². The fraction of sp³-hybridized carbons (Fsp3) is 0.435. The van der Waals surface area contributed by atoms with Gasteiger partial charge >= 0.3 is 0 Å². The van der Waals surface area contributed by atoms with Gasteiger partial charge in [-0.3, -0.25) is 4.79 Å². The molecule has 0 saturated carbocycles. The van der Waals surface area contributed by atoms with E-state index in [-0.39, 0.29) is 5.56 Å². The third-order valence-electron chi connectivity index (χ3n) is 6.79. The summed E-state index contributed by atoms with van der Waals surface area (Å²) in [6.45, 7) is 3.52. The molecule has 0 N–H and O–H groups in total. The van der Waals surface area contributed by atoms with Crippen LogP contribution in [0.4, 0.5) is 5.69 Å². The highest BCUT2D eigenvalue weighted by molar-refractivity contribution is 7.90. The lowest BCUT2D eigenvalue weighted by Gasteiger charge is -2.48. The van der Waals surface area contributed by atoms with Gasteiger partial charge in [0.1, 0.15) is 0 Å². The number of fused-ring (bicyclic) bond motifs is 1. The van der Waals surface area contributed by atoms with Gasteiger partial charge < -0.3 is 14.2 Å². The quantitative estimate of drug-likeness (QED) is 0.755. The number of aryl methyl sites for hydroxylation is 1. The molecular formula is C23H26N2O4S. The zero-order valence-electron chi connectivity index (χ0n) is 17.3. The smallest absolute Gasteiger partial charge is 0.254 e. The Morgan fingerprint density at radius 2 is 1.83 bits per heavy atom. The SMILES string of the molecule is Cn1cc(-c2cc(S(C)(=O)=O)ccc2N2CCC3(CC2)COC3)c2c(c1=O)CC=C2. The Morgan fingerprint density at radius 1 is 1.10 bits per heavy atom. The van der Waals surface area contributed by atoms with Crippen LogP contribution < -0.4 is 10.5 Å². The van der Waals surface area contributed by atoms with E-state index in [1.807, 2.05) is 24.4 Å². The largest absolute Gasteiger partial charge is 0.380 e. The molecule has 0 bridgehead atoms. The number of hydrogen-bond donors (Lipinski definition) is 0. The Kier molecular flexibility index (Phi) is 4.45. The molecule has 5 rings (SSSR count). The van der Waals surface area contributed by atoms with Crippen molar-refractivity contribution >= 4 is 21.6 Å². The van der Waals surface area contributed by atoms with Crippen LogP contribution in [0.25, 0.3) is 17.2 Å². The summed E-state index contributed by atoms with van der Waals surface area (Å²) in [5.74, 6) is 0. The second-order valence-electron chi connectivity index (χ2n) is 8.89. The summed E-state index contributed by atoms with van der Waals surface area (Å²) in [5, 5.41) is 0. The number of aromatic nitrogens is 1. The van der Waals surface area contributed by atoms with Gasteiger partial charge in [-0.1, -0.05) is 12.2 Å². The number of hydrogen-bond acceptors (Lipinski definition) is 5. The number of piperidine rings is 1. The first kappa shape index (κ1) is 19.6. The van der Waals surface area contributed by atoms with Crippen LogP contribution in [-0.4, -0.2) is 45.5 Å². The second kappa shape index (κ2) is 6.82. The highest BCUT2D eigenvalue weighted by Gasteiger charge is 2.41. The van der Waals surface area contributed by atoms with E-state index >= 15 is 0 Å². The van der Waals surface area contributed by atoms with E-state index in [2.05, 4.69) is 4.90 Å². The molecule has 0 radical (unpaired) electrons. The van der Waals surface area contributed by atoms with E-state index in [0.717, 1.165) is 67.1 Å². The Labute approximate surface area is 176 Å². The zero-order valence-corrected chi connectivity index (χ0v) is 18.2. The standard InChI is InChI=1S/C23H26N2O4S/c1-24-13-20(17-4-3-5-18(17)22(24)26)19-12-16(30(2,27)28)6-7-21(19)25-10-8-23(9-11-25)14-29-15-23/h3-4,6-7,12-13H,5,8-11,14-15H2,1-2H3. The van der Waals surface area contributed by atoms with Crippen molar-refractivity contribution in [2.45, 2.75) is 24.2 Å². The highest BCUT2D eigenvalue weighted by atomic mass is 32.2. The summed E-state index contributed by atoms with van der Waals surface area (Å²) in [6.07, 6.45) is 9.82. The molecule has 1 aliphatic carbocycles. The lowest BCUT2D eigenvalue weighted by molar-refractivity contribution is -0.124. The lowest BCUT2D eigenvalue weighted by atomic mass is 9.76. The predicted octanol–water partition coefficient (Wildman–Crippen LogP) is 2.64. The third kappa shape index (κ3) is 3.11. The maximum Gasteiger partial charge on any atom is 0.254 e. The van der Waals surface area contributed by atoms with E-state index in [0.29, 0.717) is 16.7 Å². The normalized spacial score (nSPS) is 19.7. The van der Waals surface area contributed by atoms with E-state index in [1.54, 1.807) is 23.7 Å². The number of benzene rings is 1. The molecule has 6 nitrogen and oxygen atoms in total. The third-order valence-corrected chi connectivity index (χ3v) is 7.90. The second-order valence-corrected chi connectivity index (χ2v) is 10.9. The van der Waals surface area contributed by atoms with E-state index < -0.39 is 9.84 Å². The Balaban J connectivity index is 1.65. The van der Waals surface area contributed by atoms with Gasteiger partial charge in [0, 0.05) is 60.4 Å². The Morgan fingerprint density at radius 3 is 2.47 bits per heavy atom. The van der Waals surface area contributed by atoms with Crippen LogP contribution >= 0.6 is 0 Å². The van der Waals surface area contributed by atoms with Crippen molar-refractivity contribution in [3.8, 4) is 11.1 Å². The number of pyridine rings is 1. The molecule has 2 saturated heterocycles. The maximum atomic E-state index is 12.6. The van der Waals surface area contributed by atoms with Crippen LogP contribution in [0.15, 0.2) is 40.2 Å². The number of ether oxygens (including phenoxy) is 1. The molecule has 3 aliphatic rings. The van der Waals surface area contributed by atoms with Crippen molar-refractivity contribution in [3.63, 3.8) is 0 Å². The van der Waals surface area contributed by atoms with Crippen molar-refractivity contribution in [2.75, 3.05) is 37.5 Å². The number of allylic oxidation sites excluding steroid dienone is 1. The molecule has 0 amide bonds. The van der Waals surface area contributed by atoms with Gasteiger partial charge in [-0.25, -0.2) is 8.42 Å². The molecule has 0 atom stereocenters. The van der Waals surface area contributed by atoms with E-state index in [1.165, 1.54) is 6.26 Å². The summed E-state index contributed by atoms with van der Waals surface area (Å²) in [4.78, 5) is 15.2. The van der Waals surface area contributed by atoms with Gasteiger partial charge in [-0.15, -0.1) is 0 Å². The fourth-order valence-electron chi connectivity index (χ4n) is 4.85. The van der Waals surface area contributed by atoms with E-state index in [9.17, 15) is 13.2 Å². The topological polar surface area (TPSA) is 68.6 Å². The first-order chi connectivity index (χ1) is 14.3. The van der Waals surface area contributed by atoms with Crippen molar-refractivity contribution in [2.24, 2.45) is 12.5 Å². The van der Waals surface area contributed by atoms with Gasteiger partial charge in [0.15, 0.2) is 9.84 Å². The molecule has 2 aromatic rings. The number of anilines is 1. The van der Waals surface area contributed by atoms with Crippen LogP contribution in [-0.2, 0) is 28.0 Å². The summed E-state index contributed by atoms with van der Waals surface area (Å²) in [6, 6.07) is 5.40. The number of nitrogens with zero attached hydrogens (tertiary/aromatic N) is 2. The van der Waals surface area contributed by atoms with Crippen molar-refractivity contribution in [1.29, 1.82) is 0 Å². The van der Waals surface area contributed by atoms with Crippen LogP contribution in [0.3, 0.4) is 0 Å². The first-order valence-electron chi connectivity index (χ1n) is 10.3. The van der Waals surface area contributed by atoms with Crippen molar-refractivity contribution in [3.05, 3.63) is 52.0 Å². The molecule has 1 spiro atoms. The molecule has 30 heavy (non-hydrogen) atoms. The molecule has 2 fully saturated rings. The highest BCUT2D eigenvalue weighted by Crippen LogP contribution is 2.43. The molecule has 0 unspecified atom stereocenters. The van der Waals surface area contributed by atoms with Gasteiger partial charge in [0.05, 0.1) is 18.1 Å². The molecule has 3 heterocycles. The van der Waals surface area contributed by atoms with Gasteiger partial charge in [0.25, 0.3) is 5.56 Å². The van der Waals surface area contributed by atoms with Crippen LogP contribution in [0.1, 0.15) is 24.0 Å². The van der Waals surface area contributed by atoms with Gasteiger partial charge in [-0.2, -0.15) is 0 Å². The monoisotopic (exact) mass is 426 g/mol. The average Bonchev–Trinajstić information content (AvgIpc) is 3.19. The Hall–Kier alpha value is -2.38. The van der Waals surface area contributed by atoms with Gasteiger partial charge in [0.2, 0.25) is 0 Å². The summed E-state index contributed by atoms with van der Waals surface area (Å²) >= 11 is 0. The first-order valence-corrected chi connectivity index (χ1v) is 12.2. The minimum absolute atomic E-state index is 0.00413. The number of rotatable bonds is 3. The summed E-state index contributed by atoms with van der Waals surface area (Å²) < 4.78 is 31.6. The van der Waals surface area contributed by atoms with Crippen LogP contribution in [0.2, 0.25) is 0 Å². The number of sulfone groups is 1. The minimum Gasteiger partial charge on any atom is -0.380 e. The molecule has 1 aromatic carbocycles. The summed E-state index contributed by atoms with van der Waals surface area (Å²) in [5.41, 5.74) is 4.82. The van der Waals surface area contributed by atoms with E-state index in [4.69, 9.17) is 4.74 Å². The van der Waals surface area contributed by atoms with Crippen molar-refractivity contribution < 1.29 is 13.2 Å². The molecule has 1 aromatic heterocycles. The van der Waals surface area contributed by atoms with Crippen LogP contribution in [0.5, 0.6) is 0 Å². The zero-order chi connectivity index (χ0) is 21.1. The predicted molar refractivity (Wildman–Crippen MR) is 118 cm³/mol. The van der Waals surface area contributed by atoms with Crippen LogP contribution in [0, 0.1) is 5.41 Å². The van der Waals surface area contributed by atoms with Crippen molar-refractivity contribution in [1.82, 2.24) is 4.57 Å². The fourth-order valence-corrected chi connectivity index (χ4v) is 5.50. The maximum absolute atomic E-state index is 12.6. The summed E-state index contributed by atoms with van der Waals surface area (Å²) in [7, 11) is -1.59. The molecule has 158 valence electrons.